The van der Waals surface area contributed by atoms with Crippen molar-refractivity contribution in [2.24, 2.45) is 0 Å². The van der Waals surface area contributed by atoms with Gasteiger partial charge in [0.1, 0.15) is 4.83 Å². The average molecular weight is 332 g/mol. The Morgan fingerprint density at radius 2 is 2.06 bits per heavy atom. The number of rotatable bonds is 2. The Morgan fingerprint density at radius 1 is 1.47 bits per heavy atom. The third kappa shape index (κ3) is 3.35. The summed E-state index contributed by atoms with van der Waals surface area (Å²) in [7, 11) is 1.10. The van der Waals surface area contributed by atoms with E-state index >= 15 is 0 Å². The summed E-state index contributed by atoms with van der Waals surface area (Å²) in [6.07, 6.45) is -4.58. The van der Waals surface area contributed by atoms with Gasteiger partial charge in [-0.05, 0) is 17.7 Å². The Hall–Kier alpha value is -0.750. The molecule has 0 saturated heterocycles. The first-order valence-corrected chi connectivity index (χ1v) is 5.65. The van der Waals surface area contributed by atoms with Crippen LogP contribution in [0, 0.1) is 0 Å². The molecule has 0 bridgehead atoms. The van der Waals surface area contributed by atoms with Crippen LogP contribution in [0.4, 0.5) is 13.2 Å². The fraction of sp³-hybridized carbons (Fsp3) is 0.300. The molecule has 0 saturated carbocycles. The molecule has 0 spiro atoms. The first kappa shape index (κ1) is 14.3. The Bertz CT molecular complexity index is 434. The van der Waals surface area contributed by atoms with Crippen molar-refractivity contribution in [3.8, 4) is 0 Å². The number of methoxy groups -OCH3 is 1. The van der Waals surface area contributed by atoms with Gasteiger partial charge in [0, 0.05) is 5.02 Å². The zero-order valence-electron chi connectivity index (χ0n) is 8.52. The molecule has 0 aliphatic heterocycles. The van der Waals surface area contributed by atoms with Gasteiger partial charge in [-0.2, -0.15) is 13.2 Å². The number of esters is 1. The van der Waals surface area contributed by atoms with Gasteiger partial charge in [-0.3, -0.25) is 4.79 Å². The molecule has 94 valence electrons. The van der Waals surface area contributed by atoms with Crippen LogP contribution in [0.1, 0.15) is 16.0 Å². The molecule has 0 N–H and O–H groups in total. The van der Waals surface area contributed by atoms with Crippen LogP contribution in [0.25, 0.3) is 0 Å². The molecule has 0 aliphatic rings. The number of benzene rings is 1. The van der Waals surface area contributed by atoms with Gasteiger partial charge in [-0.1, -0.05) is 33.6 Å². The van der Waals surface area contributed by atoms with E-state index in [1.54, 1.807) is 0 Å². The van der Waals surface area contributed by atoms with E-state index < -0.39 is 22.5 Å². The summed E-state index contributed by atoms with van der Waals surface area (Å²) >= 11 is 8.37. The van der Waals surface area contributed by atoms with Gasteiger partial charge >= 0.3 is 12.1 Å². The summed E-state index contributed by atoms with van der Waals surface area (Å²) in [5.41, 5.74) is -1.19. The minimum atomic E-state index is -4.58. The SMILES string of the molecule is COC(=O)C(Br)c1ccc(Cl)cc1C(F)(F)F. The first-order chi connectivity index (χ1) is 7.77. The van der Waals surface area contributed by atoms with Crippen LogP contribution < -0.4 is 0 Å². The minimum absolute atomic E-state index is 0.0503. The Balaban J connectivity index is 3.29. The van der Waals surface area contributed by atoms with Crippen molar-refractivity contribution in [2.45, 2.75) is 11.0 Å². The number of carbonyl (C=O) groups excluding carboxylic acids is 1. The third-order valence-corrected chi connectivity index (χ3v) is 3.10. The molecule has 2 nitrogen and oxygen atoms in total. The normalized spacial score (nSPS) is 13.3. The maximum atomic E-state index is 12.7. The number of hydrogen-bond donors (Lipinski definition) is 0. The lowest BCUT2D eigenvalue weighted by atomic mass is 10.0. The smallest absolute Gasteiger partial charge is 0.416 e. The maximum absolute atomic E-state index is 12.7. The fourth-order valence-electron chi connectivity index (χ4n) is 1.23. The van der Waals surface area contributed by atoms with E-state index in [0.29, 0.717) is 0 Å². The summed E-state index contributed by atoms with van der Waals surface area (Å²) in [6.45, 7) is 0. The average Bonchev–Trinajstić information content (AvgIpc) is 2.25. The molecule has 1 aromatic carbocycles. The standard InChI is InChI=1S/C10H7BrClF3O2/c1-17-9(16)8(11)6-3-2-5(12)4-7(6)10(13,14)15/h2-4,8H,1H3. The molecule has 0 radical (unpaired) electrons. The van der Waals surface area contributed by atoms with Crippen molar-refractivity contribution in [1.82, 2.24) is 0 Å². The molecule has 1 rings (SSSR count). The van der Waals surface area contributed by atoms with E-state index in [0.717, 1.165) is 19.2 Å². The number of halogens is 5. The second kappa shape index (κ2) is 5.27. The topological polar surface area (TPSA) is 26.3 Å². The Morgan fingerprint density at radius 3 is 2.53 bits per heavy atom. The summed E-state index contributed by atoms with van der Waals surface area (Å²) in [5, 5.41) is -0.0503. The van der Waals surface area contributed by atoms with E-state index in [1.165, 1.54) is 6.07 Å². The highest BCUT2D eigenvalue weighted by atomic mass is 79.9. The third-order valence-electron chi connectivity index (χ3n) is 2.00. The fourth-order valence-corrected chi connectivity index (χ4v) is 1.98. The maximum Gasteiger partial charge on any atom is 0.416 e. The summed E-state index contributed by atoms with van der Waals surface area (Å²) in [4.78, 5) is 10.0. The lowest BCUT2D eigenvalue weighted by Gasteiger charge is -2.16. The predicted molar refractivity (Wildman–Crippen MR) is 60.1 cm³/mol. The lowest BCUT2D eigenvalue weighted by Crippen LogP contribution is -2.15. The van der Waals surface area contributed by atoms with Gasteiger partial charge < -0.3 is 4.74 Å². The highest BCUT2D eigenvalue weighted by Crippen LogP contribution is 2.39. The monoisotopic (exact) mass is 330 g/mol. The largest absolute Gasteiger partial charge is 0.468 e. The van der Waals surface area contributed by atoms with Crippen LogP contribution >= 0.6 is 27.5 Å². The minimum Gasteiger partial charge on any atom is -0.468 e. The van der Waals surface area contributed by atoms with E-state index in [4.69, 9.17) is 11.6 Å². The molecule has 0 fully saturated rings. The summed E-state index contributed by atoms with van der Waals surface area (Å²) < 4.78 is 42.6. The van der Waals surface area contributed by atoms with E-state index in [2.05, 4.69) is 20.7 Å². The van der Waals surface area contributed by atoms with Gasteiger partial charge in [0.15, 0.2) is 0 Å². The number of alkyl halides is 4. The van der Waals surface area contributed by atoms with E-state index in [-0.39, 0.29) is 10.6 Å². The molecule has 1 unspecified atom stereocenters. The summed E-state index contributed by atoms with van der Waals surface area (Å²) in [5.74, 6) is -0.808. The van der Waals surface area contributed by atoms with Crippen molar-refractivity contribution < 1.29 is 22.7 Å². The number of hydrogen-bond acceptors (Lipinski definition) is 2. The zero-order chi connectivity index (χ0) is 13.2. The molecule has 7 heteroatoms. The van der Waals surface area contributed by atoms with Gasteiger partial charge in [-0.15, -0.1) is 0 Å². The van der Waals surface area contributed by atoms with Gasteiger partial charge in [0.05, 0.1) is 12.7 Å². The lowest BCUT2D eigenvalue weighted by molar-refractivity contribution is -0.141. The Labute approximate surface area is 109 Å². The van der Waals surface area contributed by atoms with Crippen LogP contribution in [0.3, 0.4) is 0 Å². The number of carbonyl (C=O) groups is 1. The van der Waals surface area contributed by atoms with Crippen LogP contribution in [0.15, 0.2) is 18.2 Å². The quantitative estimate of drug-likeness (QED) is 0.605. The van der Waals surface area contributed by atoms with E-state index in [9.17, 15) is 18.0 Å². The van der Waals surface area contributed by atoms with Crippen LogP contribution in [0.2, 0.25) is 5.02 Å². The van der Waals surface area contributed by atoms with Crippen molar-refractivity contribution in [2.75, 3.05) is 7.11 Å². The zero-order valence-corrected chi connectivity index (χ0v) is 10.9. The molecule has 0 heterocycles. The molecule has 0 aliphatic carbocycles. The molecular weight excluding hydrogens is 324 g/mol. The van der Waals surface area contributed by atoms with Gasteiger partial charge in [0.25, 0.3) is 0 Å². The highest BCUT2D eigenvalue weighted by Gasteiger charge is 2.36. The van der Waals surface area contributed by atoms with Crippen LogP contribution in [0.5, 0.6) is 0 Å². The summed E-state index contributed by atoms with van der Waals surface area (Å²) in [6, 6.07) is 3.19. The first-order valence-electron chi connectivity index (χ1n) is 4.36. The van der Waals surface area contributed by atoms with Crippen molar-refractivity contribution in [1.29, 1.82) is 0 Å². The van der Waals surface area contributed by atoms with Crippen molar-refractivity contribution in [3.05, 3.63) is 34.3 Å². The molecule has 0 amide bonds. The number of ether oxygens (including phenoxy) is 1. The van der Waals surface area contributed by atoms with Gasteiger partial charge in [0.2, 0.25) is 0 Å². The van der Waals surface area contributed by atoms with Crippen molar-refractivity contribution in [3.63, 3.8) is 0 Å². The molecule has 0 aromatic heterocycles. The second-order valence-corrected chi connectivity index (χ2v) is 4.47. The molecular formula is C10H7BrClF3O2. The highest BCUT2D eigenvalue weighted by molar-refractivity contribution is 9.09. The van der Waals surface area contributed by atoms with Gasteiger partial charge in [-0.25, -0.2) is 0 Å². The van der Waals surface area contributed by atoms with Crippen molar-refractivity contribution >= 4 is 33.5 Å². The Kier molecular flexibility index (Phi) is 4.43. The molecule has 1 aromatic rings. The second-order valence-electron chi connectivity index (χ2n) is 3.12. The predicted octanol–water partition coefficient (Wildman–Crippen LogP) is 3.97. The van der Waals surface area contributed by atoms with Crippen LogP contribution in [-0.2, 0) is 15.7 Å². The van der Waals surface area contributed by atoms with E-state index in [1.807, 2.05) is 0 Å². The molecule has 17 heavy (non-hydrogen) atoms. The van der Waals surface area contributed by atoms with Crippen LogP contribution in [-0.4, -0.2) is 13.1 Å². The molecule has 1 atom stereocenters.